The summed E-state index contributed by atoms with van der Waals surface area (Å²) in [5, 5.41) is 13.0. The Morgan fingerprint density at radius 1 is 1.41 bits per heavy atom. The van der Waals surface area contributed by atoms with Crippen LogP contribution in [0.2, 0.25) is 0 Å². The smallest absolute Gasteiger partial charge is 0.239 e. The van der Waals surface area contributed by atoms with Crippen LogP contribution < -0.4 is 5.32 Å². The van der Waals surface area contributed by atoms with E-state index in [-0.39, 0.29) is 18.1 Å². The van der Waals surface area contributed by atoms with Crippen molar-refractivity contribution in [2.45, 2.75) is 45.3 Å². The number of rotatable bonds is 3. The fourth-order valence-corrected chi connectivity index (χ4v) is 4.65. The van der Waals surface area contributed by atoms with E-state index in [1.165, 1.54) is 4.88 Å². The van der Waals surface area contributed by atoms with Crippen LogP contribution in [0.4, 0.5) is 5.00 Å². The zero-order valence-electron chi connectivity index (χ0n) is 13.0. The fourth-order valence-electron chi connectivity index (χ4n) is 3.39. The lowest BCUT2D eigenvalue weighted by molar-refractivity contribution is -0.121. The number of thiophene rings is 1. The molecular formula is C16H21N3O2S. The molecule has 2 atom stereocenters. The van der Waals surface area contributed by atoms with E-state index in [1.807, 2.05) is 13.8 Å². The number of morpholine rings is 1. The maximum absolute atomic E-state index is 12.3. The monoisotopic (exact) mass is 319 g/mol. The Labute approximate surface area is 134 Å². The van der Waals surface area contributed by atoms with Crippen molar-refractivity contribution in [3.05, 3.63) is 16.0 Å². The summed E-state index contributed by atoms with van der Waals surface area (Å²) in [5.41, 5.74) is 1.82. The van der Waals surface area contributed by atoms with E-state index in [4.69, 9.17) is 4.74 Å². The van der Waals surface area contributed by atoms with E-state index in [0.717, 1.165) is 42.9 Å². The highest BCUT2D eigenvalue weighted by Crippen LogP contribution is 2.38. The fraction of sp³-hybridized carbons (Fsp3) is 0.625. The molecule has 0 aromatic carbocycles. The van der Waals surface area contributed by atoms with Crippen molar-refractivity contribution in [1.29, 1.82) is 5.26 Å². The first-order valence-corrected chi connectivity index (χ1v) is 8.60. The molecular weight excluding hydrogens is 298 g/mol. The summed E-state index contributed by atoms with van der Waals surface area (Å²) in [4.78, 5) is 15.7. The molecule has 1 aliphatic heterocycles. The number of hydrogen-bond acceptors (Lipinski definition) is 5. The van der Waals surface area contributed by atoms with Gasteiger partial charge in [0.2, 0.25) is 5.91 Å². The second-order valence-corrected chi connectivity index (χ2v) is 7.28. The molecule has 1 saturated heterocycles. The molecule has 1 N–H and O–H groups in total. The summed E-state index contributed by atoms with van der Waals surface area (Å²) >= 11 is 1.57. The van der Waals surface area contributed by atoms with Gasteiger partial charge in [-0.1, -0.05) is 0 Å². The number of nitrogens with one attached hydrogen (secondary N) is 1. The number of amides is 1. The van der Waals surface area contributed by atoms with Crippen LogP contribution in [0.15, 0.2) is 0 Å². The van der Waals surface area contributed by atoms with Gasteiger partial charge >= 0.3 is 0 Å². The highest BCUT2D eigenvalue weighted by atomic mass is 32.1. The summed E-state index contributed by atoms with van der Waals surface area (Å²) in [6, 6.07) is 2.26. The Hall–Kier alpha value is -1.42. The number of carbonyl (C=O) groups is 1. The van der Waals surface area contributed by atoms with Gasteiger partial charge in [0.25, 0.3) is 0 Å². The molecule has 2 aliphatic rings. The molecule has 1 fully saturated rings. The lowest BCUT2D eigenvalue weighted by Gasteiger charge is -2.34. The van der Waals surface area contributed by atoms with Crippen LogP contribution in [0.25, 0.3) is 0 Å². The molecule has 6 heteroatoms. The molecule has 0 saturated carbocycles. The van der Waals surface area contributed by atoms with Crippen LogP contribution in [-0.2, 0) is 22.4 Å². The van der Waals surface area contributed by atoms with Crippen LogP contribution in [0, 0.1) is 11.3 Å². The molecule has 5 nitrogen and oxygen atoms in total. The molecule has 22 heavy (non-hydrogen) atoms. The number of carbonyl (C=O) groups excluding carboxylic acids is 1. The number of anilines is 1. The Kier molecular flexibility index (Phi) is 4.48. The van der Waals surface area contributed by atoms with Crippen molar-refractivity contribution in [2.75, 3.05) is 25.0 Å². The highest BCUT2D eigenvalue weighted by molar-refractivity contribution is 7.16. The summed E-state index contributed by atoms with van der Waals surface area (Å²) < 4.78 is 5.68. The zero-order valence-corrected chi connectivity index (χ0v) is 13.8. The summed E-state index contributed by atoms with van der Waals surface area (Å²) in [7, 11) is 0. The van der Waals surface area contributed by atoms with Crippen molar-refractivity contribution >= 4 is 22.2 Å². The van der Waals surface area contributed by atoms with Gasteiger partial charge in [-0.15, -0.1) is 11.3 Å². The van der Waals surface area contributed by atoms with E-state index in [9.17, 15) is 10.1 Å². The average molecular weight is 319 g/mol. The van der Waals surface area contributed by atoms with Gasteiger partial charge in [0.15, 0.2) is 0 Å². The minimum Gasteiger partial charge on any atom is -0.373 e. The lowest BCUT2D eigenvalue weighted by Crippen LogP contribution is -2.48. The molecule has 1 amide bonds. The van der Waals surface area contributed by atoms with E-state index < -0.39 is 0 Å². The Balaban J connectivity index is 1.64. The molecule has 0 radical (unpaired) electrons. The minimum atomic E-state index is -0.0438. The third-order valence-corrected chi connectivity index (χ3v) is 5.36. The van der Waals surface area contributed by atoms with Gasteiger partial charge in [-0.2, -0.15) is 5.26 Å². The molecule has 118 valence electrons. The number of aryl methyl sites for hydroxylation is 1. The molecule has 1 aromatic rings. The van der Waals surface area contributed by atoms with Crippen molar-refractivity contribution in [1.82, 2.24) is 4.90 Å². The Bertz CT molecular complexity index is 610. The highest BCUT2D eigenvalue weighted by Gasteiger charge is 2.26. The number of hydrogen-bond donors (Lipinski definition) is 1. The maximum atomic E-state index is 12.3. The van der Waals surface area contributed by atoms with Gasteiger partial charge < -0.3 is 10.1 Å². The number of fused-ring (bicyclic) bond motifs is 1. The van der Waals surface area contributed by atoms with Crippen LogP contribution >= 0.6 is 11.3 Å². The van der Waals surface area contributed by atoms with E-state index >= 15 is 0 Å². The molecule has 1 aliphatic carbocycles. The topological polar surface area (TPSA) is 65.4 Å². The van der Waals surface area contributed by atoms with E-state index in [2.05, 4.69) is 16.3 Å². The zero-order chi connectivity index (χ0) is 15.7. The van der Waals surface area contributed by atoms with E-state index in [1.54, 1.807) is 11.3 Å². The predicted octanol–water partition coefficient (Wildman–Crippen LogP) is 2.16. The third-order valence-electron chi connectivity index (χ3n) is 4.15. The standard InChI is InChI=1S/C16H21N3O2S/c1-10-7-19(8-11(2)21-10)9-15(20)18-16-13(6-17)12-4-3-5-14(12)22-16/h10-11H,3-5,7-9H2,1-2H3,(H,18,20)/t10-,11-/m1/s1. The number of nitriles is 1. The third kappa shape index (κ3) is 3.17. The van der Waals surface area contributed by atoms with Crippen molar-refractivity contribution in [3.8, 4) is 6.07 Å². The molecule has 3 rings (SSSR count). The van der Waals surface area contributed by atoms with Gasteiger partial charge in [-0.3, -0.25) is 9.69 Å². The van der Waals surface area contributed by atoms with Gasteiger partial charge in [-0.25, -0.2) is 0 Å². The largest absolute Gasteiger partial charge is 0.373 e. The number of ether oxygens (including phenoxy) is 1. The summed E-state index contributed by atoms with van der Waals surface area (Å²) in [6.07, 6.45) is 3.41. The average Bonchev–Trinajstić information content (AvgIpc) is 2.97. The normalized spacial score (nSPS) is 24.8. The van der Waals surface area contributed by atoms with E-state index in [0.29, 0.717) is 12.1 Å². The Morgan fingerprint density at radius 2 is 2.14 bits per heavy atom. The summed E-state index contributed by atoms with van der Waals surface area (Å²) in [6.45, 7) is 5.94. The van der Waals surface area contributed by atoms with Crippen LogP contribution in [-0.4, -0.2) is 42.6 Å². The van der Waals surface area contributed by atoms with Gasteiger partial charge in [0, 0.05) is 18.0 Å². The van der Waals surface area contributed by atoms with Crippen LogP contribution in [0.5, 0.6) is 0 Å². The second kappa shape index (κ2) is 6.37. The van der Waals surface area contributed by atoms with Crippen molar-refractivity contribution < 1.29 is 9.53 Å². The van der Waals surface area contributed by atoms with Gasteiger partial charge in [-0.05, 0) is 38.7 Å². The first-order chi connectivity index (χ1) is 10.6. The summed E-state index contributed by atoms with van der Waals surface area (Å²) in [5.74, 6) is -0.0438. The first-order valence-electron chi connectivity index (χ1n) is 7.79. The van der Waals surface area contributed by atoms with Crippen LogP contribution in [0.1, 0.15) is 36.3 Å². The molecule has 0 unspecified atom stereocenters. The van der Waals surface area contributed by atoms with Gasteiger partial charge in [0.05, 0.1) is 24.3 Å². The molecule has 0 bridgehead atoms. The quantitative estimate of drug-likeness (QED) is 0.927. The SMILES string of the molecule is C[C@@H]1CN(CC(=O)Nc2sc3c(c2C#N)CCC3)C[C@@H](C)O1. The Morgan fingerprint density at radius 3 is 2.82 bits per heavy atom. The predicted molar refractivity (Wildman–Crippen MR) is 86.1 cm³/mol. The van der Waals surface area contributed by atoms with Gasteiger partial charge in [0.1, 0.15) is 11.1 Å². The molecule has 2 heterocycles. The van der Waals surface area contributed by atoms with Crippen molar-refractivity contribution in [3.63, 3.8) is 0 Å². The molecule has 1 aromatic heterocycles. The maximum Gasteiger partial charge on any atom is 0.239 e. The van der Waals surface area contributed by atoms with Crippen molar-refractivity contribution in [2.24, 2.45) is 0 Å². The number of nitrogens with zero attached hydrogens (tertiary/aromatic N) is 2. The molecule has 0 spiro atoms. The van der Waals surface area contributed by atoms with Crippen LogP contribution in [0.3, 0.4) is 0 Å². The lowest BCUT2D eigenvalue weighted by atomic mass is 10.1. The minimum absolute atomic E-state index is 0.0438. The first kappa shape index (κ1) is 15.5. The second-order valence-electron chi connectivity index (χ2n) is 6.17.